The number of amides is 1. The summed E-state index contributed by atoms with van der Waals surface area (Å²) in [6.07, 6.45) is 6.50. The molecule has 2 heterocycles. The summed E-state index contributed by atoms with van der Waals surface area (Å²) in [6, 6.07) is 12.1. The lowest BCUT2D eigenvalue weighted by Crippen LogP contribution is -2.29. The lowest BCUT2D eigenvalue weighted by molar-refractivity contribution is -0.117. The van der Waals surface area contributed by atoms with Crippen molar-refractivity contribution < 1.29 is 9.21 Å². The number of carbonyl (C=O) groups is 1. The van der Waals surface area contributed by atoms with Crippen LogP contribution in [-0.4, -0.2) is 23.9 Å². The van der Waals surface area contributed by atoms with Crippen LogP contribution in [0.2, 0.25) is 0 Å². The molecule has 0 radical (unpaired) electrons. The second-order valence-electron chi connectivity index (χ2n) is 6.99. The van der Waals surface area contributed by atoms with Crippen LogP contribution in [0.5, 0.6) is 0 Å². The number of carbonyl (C=O) groups excluding carboxylic acids is 1. The molecule has 2 unspecified atom stereocenters. The van der Waals surface area contributed by atoms with E-state index in [1.807, 2.05) is 24.3 Å². The van der Waals surface area contributed by atoms with Gasteiger partial charge in [-0.3, -0.25) is 9.69 Å². The lowest BCUT2D eigenvalue weighted by atomic mass is 10.1. The van der Waals surface area contributed by atoms with E-state index in [1.165, 1.54) is 37.9 Å². The monoisotopic (exact) mass is 324 g/mol. The Balaban J connectivity index is 1.35. The fraction of sp³-hybridized carbons (Fsp3) is 0.450. The fourth-order valence-corrected chi connectivity index (χ4v) is 3.66. The average Bonchev–Trinajstić information content (AvgIpc) is 3.22. The van der Waals surface area contributed by atoms with Crippen LogP contribution in [0.25, 0.3) is 0 Å². The van der Waals surface area contributed by atoms with Crippen molar-refractivity contribution in [3.63, 3.8) is 0 Å². The molecule has 4 nitrogen and oxygen atoms in total. The molecular formula is C20H24N2O2. The van der Waals surface area contributed by atoms with Gasteiger partial charge in [0.1, 0.15) is 5.76 Å². The summed E-state index contributed by atoms with van der Waals surface area (Å²) in [7, 11) is 0. The van der Waals surface area contributed by atoms with Gasteiger partial charge in [-0.05, 0) is 62.2 Å². The second-order valence-corrected chi connectivity index (χ2v) is 6.99. The SMILES string of the molecule is O=C(Nc1cccc(CN2CCCCC2)c1)C1CC1c1ccco1. The van der Waals surface area contributed by atoms with Gasteiger partial charge in [0.15, 0.2) is 0 Å². The van der Waals surface area contributed by atoms with Gasteiger partial charge in [-0.1, -0.05) is 18.6 Å². The molecular weight excluding hydrogens is 300 g/mol. The Morgan fingerprint density at radius 1 is 1.17 bits per heavy atom. The number of piperidine rings is 1. The Hall–Kier alpha value is -2.07. The molecule has 1 aliphatic carbocycles. The minimum absolute atomic E-state index is 0.0434. The number of hydrogen-bond acceptors (Lipinski definition) is 3. The molecule has 24 heavy (non-hydrogen) atoms. The Morgan fingerprint density at radius 2 is 2.04 bits per heavy atom. The summed E-state index contributed by atoms with van der Waals surface area (Å²) >= 11 is 0. The molecule has 1 aromatic carbocycles. The van der Waals surface area contributed by atoms with E-state index < -0.39 is 0 Å². The van der Waals surface area contributed by atoms with E-state index in [-0.39, 0.29) is 17.7 Å². The first-order valence-electron chi connectivity index (χ1n) is 8.95. The van der Waals surface area contributed by atoms with Crippen molar-refractivity contribution in [2.45, 2.75) is 38.1 Å². The van der Waals surface area contributed by atoms with Crippen LogP contribution in [0.4, 0.5) is 5.69 Å². The maximum absolute atomic E-state index is 12.4. The second kappa shape index (κ2) is 6.81. The van der Waals surface area contributed by atoms with Gasteiger partial charge < -0.3 is 9.73 Å². The molecule has 0 spiro atoms. The average molecular weight is 324 g/mol. The molecule has 2 aromatic rings. The minimum Gasteiger partial charge on any atom is -0.469 e. The summed E-state index contributed by atoms with van der Waals surface area (Å²) in [4.78, 5) is 14.9. The highest BCUT2D eigenvalue weighted by atomic mass is 16.3. The van der Waals surface area contributed by atoms with Gasteiger partial charge in [-0.2, -0.15) is 0 Å². The molecule has 4 heteroatoms. The predicted molar refractivity (Wildman–Crippen MR) is 93.8 cm³/mol. The Labute approximate surface area is 142 Å². The molecule has 1 saturated carbocycles. The van der Waals surface area contributed by atoms with Crippen LogP contribution in [0.1, 0.15) is 42.9 Å². The third kappa shape index (κ3) is 3.54. The molecule has 1 aliphatic heterocycles. The maximum Gasteiger partial charge on any atom is 0.228 e. The van der Waals surface area contributed by atoms with Gasteiger partial charge in [-0.25, -0.2) is 0 Å². The summed E-state index contributed by atoms with van der Waals surface area (Å²) in [5.41, 5.74) is 2.17. The third-order valence-electron chi connectivity index (χ3n) is 5.09. The van der Waals surface area contributed by atoms with Gasteiger partial charge in [0.25, 0.3) is 0 Å². The van der Waals surface area contributed by atoms with Crippen LogP contribution in [0.15, 0.2) is 47.1 Å². The summed E-state index contributed by atoms with van der Waals surface area (Å²) in [6.45, 7) is 3.34. The number of benzene rings is 1. The smallest absolute Gasteiger partial charge is 0.228 e. The Morgan fingerprint density at radius 3 is 2.83 bits per heavy atom. The number of likely N-dealkylation sites (tertiary alicyclic amines) is 1. The summed E-state index contributed by atoms with van der Waals surface area (Å²) in [5.74, 6) is 1.32. The molecule has 1 aromatic heterocycles. The van der Waals surface area contributed by atoms with Crippen LogP contribution in [0.3, 0.4) is 0 Å². The zero-order valence-electron chi connectivity index (χ0n) is 13.9. The van der Waals surface area contributed by atoms with Gasteiger partial charge >= 0.3 is 0 Å². The first kappa shape index (κ1) is 15.5. The van der Waals surface area contributed by atoms with Gasteiger partial charge in [0, 0.05) is 24.1 Å². The number of furan rings is 1. The molecule has 2 fully saturated rings. The first-order valence-corrected chi connectivity index (χ1v) is 8.95. The Bertz CT molecular complexity index is 689. The molecule has 1 saturated heterocycles. The molecule has 126 valence electrons. The van der Waals surface area contributed by atoms with Crippen LogP contribution in [-0.2, 0) is 11.3 Å². The van der Waals surface area contributed by atoms with Gasteiger partial charge in [0.2, 0.25) is 5.91 Å². The van der Waals surface area contributed by atoms with E-state index in [2.05, 4.69) is 22.3 Å². The van der Waals surface area contributed by atoms with Crippen molar-refractivity contribution in [1.82, 2.24) is 4.90 Å². The first-order chi connectivity index (χ1) is 11.8. The van der Waals surface area contributed by atoms with Crippen LogP contribution >= 0.6 is 0 Å². The van der Waals surface area contributed by atoms with E-state index in [0.717, 1.165) is 24.4 Å². The van der Waals surface area contributed by atoms with E-state index in [1.54, 1.807) is 6.26 Å². The number of rotatable bonds is 5. The largest absolute Gasteiger partial charge is 0.469 e. The van der Waals surface area contributed by atoms with Gasteiger partial charge in [0.05, 0.1) is 6.26 Å². The number of nitrogens with zero attached hydrogens (tertiary/aromatic N) is 1. The molecule has 4 rings (SSSR count). The zero-order chi connectivity index (χ0) is 16.4. The number of anilines is 1. The lowest BCUT2D eigenvalue weighted by Gasteiger charge is -2.26. The Kier molecular flexibility index (Phi) is 4.39. The number of nitrogens with one attached hydrogen (secondary N) is 1. The molecule has 2 aliphatic rings. The van der Waals surface area contributed by atoms with E-state index in [4.69, 9.17) is 4.42 Å². The van der Waals surface area contributed by atoms with Crippen molar-refractivity contribution in [3.8, 4) is 0 Å². The highest BCUT2D eigenvalue weighted by molar-refractivity contribution is 5.95. The predicted octanol–water partition coefficient (Wildman–Crippen LogP) is 4.01. The van der Waals surface area contributed by atoms with Crippen molar-refractivity contribution in [2.24, 2.45) is 5.92 Å². The fourth-order valence-electron chi connectivity index (χ4n) is 3.66. The number of hydrogen-bond donors (Lipinski definition) is 1. The normalized spacial score (nSPS) is 23.8. The van der Waals surface area contributed by atoms with E-state index in [0.29, 0.717) is 0 Å². The standard InChI is InChI=1S/C20H24N2O2/c23-20(18-13-17(18)19-8-5-11-24-19)21-16-7-4-6-15(12-16)14-22-9-2-1-3-10-22/h4-8,11-12,17-18H,1-3,9-10,13-14H2,(H,21,23). The zero-order valence-corrected chi connectivity index (χ0v) is 13.9. The molecule has 2 atom stereocenters. The summed E-state index contributed by atoms with van der Waals surface area (Å²) < 4.78 is 5.41. The van der Waals surface area contributed by atoms with E-state index in [9.17, 15) is 4.79 Å². The highest BCUT2D eigenvalue weighted by Gasteiger charge is 2.45. The van der Waals surface area contributed by atoms with Crippen molar-refractivity contribution >= 4 is 11.6 Å². The molecule has 1 N–H and O–H groups in total. The summed E-state index contributed by atoms with van der Waals surface area (Å²) in [5, 5.41) is 3.07. The van der Waals surface area contributed by atoms with Crippen molar-refractivity contribution in [1.29, 1.82) is 0 Å². The highest BCUT2D eigenvalue weighted by Crippen LogP contribution is 2.48. The maximum atomic E-state index is 12.4. The molecule has 0 bridgehead atoms. The molecule has 1 amide bonds. The van der Waals surface area contributed by atoms with E-state index >= 15 is 0 Å². The van der Waals surface area contributed by atoms with Crippen LogP contribution < -0.4 is 5.32 Å². The van der Waals surface area contributed by atoms with Crippen LogP contribution in [0, 0.1) is 5.92 Å². The minimum atomic E-state index is 0.0434. The van der Waals surface area contributed by atoms with Crippen molar-refractivity contribution in [3.05, 3.63) is 54.0 Å². The topological polar surface area (TPSA) is 45.5 Å². The van der Waals surface area contributed by atoms with Crippen molar-refractivity contribution in [2.75, 3.05) is 18.4 Å². The van der Waals surface area contributed by atoms with Gasteiger partial charge in [-0.15, -0.1) is 0 Å². The third-order valence-corrected chi connectivity index (χ3v) is 5.09. The quantitative estimate of drug-likeness (QED) is 0.904.